The number of para-hydroxylation sites is 2. The number of fused-ring (bicyclic) bond motifs is 2. The zero-order chi connectivity index (χ0) is 40.9. The Morgan fingerprint density at radius 1 is 0.772 bits per heavy atom. The van der Waals surface area contributed by atoms with Crippen LogP contribution in [0.3, 0.4) is 0 Å². The molecular weight excluding hydrogens is 912 g/mol. The van der Waals surface area contributed by atoms with Gasteiger partial charge >= 0.3 is 6.18 Å². The molecule has 5 aromatic carbocycles. The maximum atomic E-state index is 14.2. The molecule has 0 amide bonds. The van der Waals surface area contributed by atoms with E-state index in [9.17, 15) is 31.9 Å². The molecule has 0 saturated heterocycles. The standard InChI is InChI=1S/C34H24F5N2.C13H24O2.Ir/c1-33(2,3)28-17-21(20-8-12-24(35)13-9-20)11-15-30(28)41-31-7-5-4-6-29(31)40-32(41)23-16-22-10-14-25(36)19-26(22)27(18-23)34(37,38)39;1-5-10(6-2)12(14)9-13(15)11(7-3)8-4;/h4-15,17-19H,1-3H3;9-11,14H,5-8H2,1-4H3;/q-1;;/b;12-9-;. The molecule has 303 valence electrons. The second kappa shape index (κ2) is 18.7. The summed E-state index contributed by atoms with van der Waals surface area (Å²) in [5.74, 6) is -0.259. The number of carbonyl (C=O) groups is 1. The van der Waals surface area contributed by atoms with Gasteiger partial charge in [-0.15, -0.1) is 23.6 Å². The van der Waals surface area contributed by atoms with Crippen molar-refractivity contribution in [3.63, 3.8) is 0 Å². The molecule has 0 spiro atoms. The minimum Gasteiger partial charge on any atom is -0.512 e. The van der Waals surface area contributed by atoms with Gasteiger partial charge in [-0.1, -0.05) is 102 Å². The predicted molar refractivity (Wildman–Crippen MR) is 216 cm³/mol. The smallest absolute Gasteiger partial charge is 0.403 e. The van der Waals surface area contributed by atoms with Crippen LogP contribution in [-0.2, 0) is 36.5 Å². The van der Waals surface area contributed by atoms with Crippen LogP contribution < -0.4 is 0 Å². The first kappa shape index (κ1) is 45.0. The summed E-state index contributed by atoms with van der Waals surface area (Å²) in [6.07, 6.45) is 0.184. The third kappa shape index (κ3) is 10.3. The number of halogens is 5. The molecule has 6 rings (SSSR count). The summed E-state index contributed by atoms with van der Waals surface area (Å²) >= 11 is 0. The number of rotatable bonds is 10. The van der Waals surface area contributed by atoms with Crippen molar-refractivity contribution < 1.29 is 52.0 Å². The number of benzene rings is 5. The van der Waals surface area contributed by atoms with Crippen molar-refractivity contribution in [3.05, 3.63) is 132 Å². The number of aliphatic hydroxyl groups excluding tert-OH is 1. The average Bonchev–Trinajstić information content (AvgIpc) is 3.54. The van der Waals surface area contributed by atoms with Crippen molar-refractivity contribution in [2.45, 2.75) is 85.7 Å². The van der Waals surface area contributed by atoms with Gasteiger partial charge in [-0.2, -0.15) is 13.2 Å². The molecule has 57 heavy (non-hydrogen) atoms. The summed E-state index contributed by atoms with van der Waals surface area (Å²) in [4.78, 5) is 16.5. The number of carbonyl (C=O) groups excluding carboxylic acids is 1. The summed E-state index contributed by atoms with van der Waals surface area (Å²) in [5.41, 5.74) is 3.49. The van der Waals surface area contributed by atoms with Crippen LogP contribution in [-0.4, -0.2) is 20.4 Å². The fourth-order valence-corrected chi connectivity index (χ4v) is 6.99. The monoisotopic (exact) mass is 960 g/mol. The van der Waals surface area contributed by atoms with E-state index in [-0.39, 0.29) is 76.9 Å². The molecule has 0 atom stereocenters. The molecule has 0 fully saturated rings. The molecule has 6 aromatic rings. The van der Waals surface area contributed by atoms with Gasteiger partial charge in [0.2, 0.25) is 0 Å². The van der Waals surface area contributed by atoms with Crippen molar-refractivity contribution in [1.82, 2.24) is 9.55 Å². The van der Waals surface area contributed by atoms with E-state index in [1.807, 2.05) is 68.7 Å². The van der Waals surface area contributed by atoms with E-state index in [1.54, 1.807) is 18.2 Å². The minimum atomic E-state index is -4.72. The summed E-state index contributed by atoms with van der Waals surface area (Å²) in [5, 5.41) is 9.64. The summed E-state index contributed by atoms with van der Waals surface area (Å²) < 4.78 is 72.1. The van der Waals surface area contributed by atoms with Crippen molar-refractivity contribution in [2.24, 2.45) is 11.8 Å². The number of nitrogens with zero attached hydrogens (tertiary/aromatic N) is 2. The van der Waals surface area contributed by atoms with E-state index in [0.717, 1.165) is 66.3 Å². The van der Waals surface area contributed by atoms with Crippen molar-refractivity contribution in [2.75, 3.05) is 0 Å². The summed E-state index contributed by atoms with van der Waals surface area (Å²) in [6, 6.07) is 26.8. The number of hydrogen-bond acceptors (Lipinski definition) is 3. The fourth-order valence-electron chi connectivity index (χ4n) is 6.99. The Kier molecular flexibility index (Phi) is 14.8. The Balaban J connectivity index is 0.000000385. The SMILES string of the molecule is CC(C)(C)c1cc(-c2ccc(F)cc2)ccc1-n1c(-c2[c-]c3ccc(F)cc3c(C(F)(F)F)c2)nc2ccccc21.CCC(CC)C(=O)/C=C(\O)C(CC)CC.[Ir]. The van der Waals surface area contributed by atoms with Gasteiger partial charge < -0.3 is 9.67 Å². The summed E-state index contributed by atoms with van der Waals surface area (Å²) in [7, 11) is 0. The van der Waals surface area contributed by atoms with Crippen LogP contribution in [0, 0.1) is 29.5 Å². The van der Waals surface area contributed by atoms with Crippen LogP contribution in [0.15, 0.2) is 103 Å². The number of aliphatic hydroxyl groups is 1. The quantitative estimate of drug-likeness (QED) is 0.0644. The average molecular weight is 960 g/mol. The fraction of sp³-hybridized carbons (Fsp3) is 0.319. The van der Waals surface area contributed by atoms with E-state index in [1.165, 1.54) is 24.3 Å². The van der Waals surface area contributed by atoms with Gasteiger partial charge in [-0.3, -0.25) is 9.78 Å². The van der Waals surface area contributed by atoms with Gasteiger partial charge in [-0.25, -0.2) is 8.78 Å². The molecule has 4 nitrogen and oxygen atoms in total. The van der Waals surface area contributed by atoms with E-state index >= 15 is 0 Å². The molecule has 1 N–H and O–H groups in total. The van der Waals surface area contributed by atoms with Gasteiger partial charge in [0.05, 0.1) is 22.6 Å². The molecule has 0 bridgehead atoms. The molecule has 0 unspecified atom stereocenters. The van der Waals surface area contributed by atoms with Gasteiger partial charge in [-0.05, 0) is 89.8 Å². The van der Waals surface area contributed by atoms with Gasteiger partial charge in [0.25, 0.3) is 0 Å². The molecule has 1 radical (unpaired) electrons. The van der Waals surface area contributed by atoms with Gasteiger partial charge in [0.15, 0.2) is 5.78 Å². The van der Waals surface area contributed by atoms with Gasteiger partial charge in [0, 0.05) is 43.7 Å². The Labute approximate surface area is 345 Å². The Bertz CT molecular complexity index is 2350. The molecular formula is C47H48F5IrN2O2-. The molecule has 0 aliphatic rings. The van der Waals surface area contributed by atoms with Crippen LogP contribution in [0.2, 0.25) is 0 Å². The molecule has 1 aromatic heterocycles. The molecule has 10 heteroatoms. The first-order chi connectivity index (χ1) is 26.5. The van der Waals surface area contributed by atoms with E-state index < -0.39 is 17.6 Å². The van der Waals surface area contributed by atoms with Crippen molar-refractivity contribution >= 4 is 27.6 Å². The number of allylic oxidation sites excluding steroid dienone is 2. The van der Waals surface area contributed by atoms with E-state index in [0.29, 0.717) is 11.0 Å². The van der Waals surface area contributed by atoms with Crippen LogP contribution in [0.5, 0.6) is 0 Å². The Morgan fingerprint density at radius 2 is 1.37 bits per heavy atom. The number of ketones is 1. The van der Waals surface area contributed by atoms with Crippen LogP contribution in [0.1, 0.15) is 85.3 Å². The normalized spacial score (nSPS) is 12.2. The number of aromatic nitrogens is 2. The largest absolute Gasteiger partial charge is 0.512 e. The third-order valence-electron chi connectivity index (χ3n) is 10.2. The second-order valence-corrected chi connectivity index (χ2v) is 15.0. The first-order valence-corrected chi connectivity index (χ1v) is 19.1. The molecule has 0 aliphatic heterocycles. The first-order valence-electron chi connectivity index (χ1n) is 19.1. The van der Waals surface area contributed by atoms with Gasteiger partial charge in [0.1, 0.15) is 11.6 Å². The van der Waals surface area contributed by atoms with Crippen LogP contribution in [0.25, 0.3) is 50.0 Å². The molecule has 0 aliphatic carbocycles. The second-order valence-electron chi connectivity index (χ2n) is 15.0. The van der Waals surface area contributed by atoms with E-state index in [2.05, 4.69) is 26.8 Å². The minimum absolute atomic E-state index is 0. The Morgan fingerprint density at radius 3 is 1.96 bits per heavy atom. The zero-order valence-corrected chi connectivity index (χ0v) is 35.6. The van der Waals surface area contributed by atoms with Crippen LogP contribution >= 0.6 is 0 Å². The number of alkyl halides is 3. The third-order valence-corrected chi connectivity index (χ3v) is 10.2. The van der Waals surface area contributed by atoms with Crippen molar-refractivity contribution in [1.29, 1.82) is 0 Å². The maximum Gasteiger partial charge on any atom is 0.403 e. The Hall–Kier alpha value is -4.66. The van der Waals surface area contributed by atoms with Crippen LogP contribution in [0.4, 0.5) is 22.0 Å². The number of imidazole rings is 1. The predicted octanol–water partition coefficient (Wildman–Crippen LogP) is 13.8. The van der Waals surface area contributed by atoms with Crippen molar-refractivity contribution in [3.8, 4) is 28.2 Å². The molecule has 1 heterocycles. The topological polar surface area (TPSA) is 55.1 Å². The van der Waals surface area contributed by atoms with E-state index in [4.69, 9.17) is 4.98 Å². The maximum absolute atomic E-state index is 14.2. The molecule has 0 saturated carbocycles. The summed E-state index contributed by atoms with van der Waals surface area (Å²) in [6.45, 7) is 14.2. The number of hydrogen-bond donors (Lipinski definition) is 1. The zero-order valence-electron chi connectivity index (χ0n) is 33.2.